The number of rotatable bonds is 4. The molecule has 1 aliphatic heterocycles. The Morgan fingerprint density at radius 2 is 2.12 bits per heavy atom. The SMILES string of the molecule is Cc1noc(C)c1CC(=O)N1CCCC(F)(c2nc(C3CC3)no2)C1. The number of amides is 1. The van der Waals surface area contributed by atoms with Gasteiger partial charge in [-0.3, -0.25) is 4.79 Å². The average Bonchev–Trinajstić information content (AvgIpc) is 3.24. The summed E-state index contributed by atoms with van der Waals surface area (Å²) >= 11 is 0. The maximum absolute atomic E-state index is 15.4. The lowest BCUT2D eigenvalue weighted by atomic mass is 9.94. The van der Waals surface area contributed by atoms with E-state index in [1.54, 1.807) is 13.8 Å². The van der Waals surface area contributed by atoms with E-state index < -0.39 is 5.67 Å². The van der Waals surface area contributed by atoms with Crippen LogP contribution in [0, 0.1) is 13.8 Å². The van der Waals surface area contributed by atoms with Gasteiger partial charge in [-0.05, 0) is 39.5 Å². The first-order valence-electron chi connectivity index (χ1n) is 8.69. The Morgan fingerprint density at radius 3 is 2.80 bits per heavy atom. The Balaban J connectivity index is 1.48. The quantitative estimate of drug-likeness (QED) is 0.844. The number of halogens is 1. The van der Waals surface area contributed by atoms with Gasteiger partial charge in [0.25, 0.3) is 5.89 Å². The number of carbonyl (C=O) groups is 1. The second-order valence-electron chi connectivity index (χ2n) is 7.10. The molecule has 2 fully saturated rings. The third-order valence-electron chi connectivity index (χ3n) is 5.07. The van der Waals surface area contributed by atoms with Gasteiger partial charge in [-0.1, -0.05) is 10.3 Å². The van der Waals surface area contributed by atoms with E-state index in [4.69, 9.17) is 9.05 Å². The van der Waals surface area contributed by atoms with Crippen LogP contribution in [0.5, 0.6) is 0 Å². The van der Waals surface area contributed by atoms with Crippen LogP contribution in [0.1, 0.15) is 60.3 Å². The summed E-state index contributed by atoms with van der Waals surface area (Å²) in [5.74, 6) is 1.39. The monoisotopic (exact) mass is 348 g/mol. The first kappa shape index (κ1) is 16.2. The van der Waals surface area contributed by atoms with Crippen LogP contribution >= 0.6 is 0 Å². The van der Waals surface area contributed by atoms with Crippen LogP contribution in [0.2, 0.25) is 0 Å². The van der Waals surface area contributed by atoms with Crippen molar-refractivity contribution in [2.45, 2.75) is 57.5 Å². The van der Waals surface area contributed by atoms with Gasteiger partial charge >= 0.3 is 0 Å². The maximum Gasteiger partial charge on any atom is 0.266 e. The summed E-state index contributed by atoms with van der Waals surface area (Å²) in [6.07, 6.45) is 3.06. The highest BCUT2D eigenvalue weighted by molar-refractivity contribution is 5.79. The highest BCUT2D eigenvalue weighted by Gasteiger charge is 2.44. The standard InChI is InChI=1S/C17H21FN4O3/c1-10-13(11(2)24-20-10)8-14(23)22-7-3-6-17(18,9-22)16-19-15(21-25-16)12-4-5-12/h12H,3-9H2,1-2H3. The highest BCUT2D eigenvalue weighted by Crippen LogP contribution is 2.41. The van der Waals surface area contributed by atoms with Gasteiger partial charge in [0, 0.05) is 18.0 Å². The Bertz CT molecular complexity index is 778. The molecule has 1 atom stereocenters. The fraction of sp³-hybridized carbons (Fsp3) is 0.647. The summed E-state index contributed by atoms with van der Waals surface area (Å²) < 4.78 is 25.7. The summed E-state index contributed by atoms with van der Waals surface area (Å²) in [6, 6.07) is 0. The number of hydrogen-bond acceptors (Lipinski definition) is 6. The van der Waals surface area contributed by atoms with Gasteiger partial charge in [0.05, 0.1) is 18.7 Å². The lowest BCUT2D eigenvalue weighted by molar-refractivity contribution is -0.135. The number of piperidine rings is 1. The molecular weight excluding hydrogens is 327 g/mol. The van der Waals surface area contributed by atoms with Crippen LogP contribution < -0.4 is 0 Å². The Labute approximate surface area is 144 Å². The van der Waals surface area contributed by atoms with E-state index in [1.807, 2.05) is 0 Å². The fourth-order valence-corrected chi connectivity index (χ4v) is 3.34. The molecule has 1 aliphatic carbocycles. The smallest absolute Gasteiger partial charge is 0.266 e. The second-order valence-corrected chi connectivity index (χ2v) is 7.10. The zero-order valence-corrected chi connectivity index (χ0v) is 14.4. The average molecular weight is 348 g/mol. The molecule has 0 bridgehead atoms. The largest absolute Gasteiger partial charge is 0.361 e. The summed E-state index contributed by atoms with van der Waals surface area (Å²) in [6.45, 7) is 4.04. The van der Waals surface area contributed by atoms with Crippen molar-refractivity contribution in [1.29, 1.82) is 0 Å². The van der Waals surface area contributed by atoms with Crippen molar-refractivity contribution >= 4 is 5.91 Å². The Hall–Kier alpha value is -2.25. The van der Waals surface area contributed by atoms with E-state index in [-0.39, 0.29) is 31.2 Å². The summed E-state index contributed by atoms with van der Waals surface area (Å²) in [7, 11) is 0. The van der Waals surface area contributed by atoms with Crippen molar-refractivity contribution in [3.05, 3.63) is 28.7 Å². The van der Waals surface area contributed by atoms with Gasteiger partial charge < -0.3 is 13.9 Å². The number of hydrogen-bond donors (Lipinski definition) is 0. The molecule has 1 amide bonds. The van der Waals surface area contributed by atoms with E-state index >= 15 is 4.39 Å². The molecule has 1 unspecified atom stereocenters. The van der Waals surface area contributed by atoms with E-state index in [0.717, 1.165) is 18.4 Å². The second kappa shape index (κ2) is 5.93. The van der Waals surface area contributed by atoms with E-state index in [1.165, 1.54) is 4.90 Å². The minimum atomic E-state index is -1.77. The zero-order valence-electron chi connectivity index (χ0n) is 14.4. The van der Waals surface area contributed by atoms with Crippen LogP contribution in [0.15, 0.2) is 9.05 Å². The van der Waals surface area contributed by atoms with Gasteiger partial charge in [0.2, 0.25) is 11.6 Å². The third kappa shape index (κ3) is 3.05. The van der Waals surface area contributed by atoms with Gasteiger partial charge in [0.15, 0.2) is 5.82 Å². The molecule has 3 heterocycles. The summed E-state index contributed by atoms with van der Waals surface area (Å²) in [5.41, 5.74) is -0.304. The minimum Gasteiger partial charge on any atom is -0.361 e. The predicted molar refractivity (Wildman–Crippen MR) is 84.6 cm³/mol. The van der Waals surface area contributed by atoms with Crippen molar-refractivity contribution in [2.75, 3.05) is 13.1 Å². The highest BCUT2D eigenvalue weighted by atomic mass is 19.1. The molecule has 25 heavy (non-hydrogen) atoms. The van der Waals surface area contributed by atoms with Gasteiger partial charge in [-0.25, -0.2) is 4.39 Å². The Kier molecular flexibility index (Phi) is 3.85. The van der Waals surface area contributed by atoms with Crippen LogP contribution in [0.4, 0.5) is 4.39 Å². The maximum atomic E-state index is 15.4. The van der Waals surface area contributed by atoms with Gasteiger partial charge in [-0.15, -0.1) is 0 Å². The van der Waals surface area contributed by atoms with Crippen LogP contribution in [0.25, 0.3) is 0 Å². The first-order valence-corrected chi connectivity index (χ1v) is 8.69. The molecule has 7 nitrogen and oxygen atoms in total. The number of carbonyl (C=O) groups excluding carboxylic acids is 1. The summed E-state index contributed by atoms with van der Waals surface area (Å²) in [5, 5.41) is 7.76. The van der Waals surface area contributed by atoms with Crippen LogP contribution in [-0.2, 0) is 16.9 Å². The van der Waals surface area contributed by atoms with E-state index in [0.29, 0.717) is 36.2 Å². The molecule has 1 saturated heterocycles. The topological polar surface area (TPSA) is 85.3 Å². The van der Waals surface area contributed by atoms with Crippen molar-refractivity contribution < 1.29 is 18.2 Å². The van der Waals surface area contributed by atoms with Crippen molar-refractivity contribution in [1.82, 2.24) is 20.2 Å². The predicted octanol–water partition coefficient (Wildman–Crippen LogP) is 2.58. The number of alkyl halides is 1. The molecule has 134 valence electrons. The van der Waals surface area contributed by atoms with Gasteiger partial charge in [0.1, 0.15) is 5.76 Å². The number of aromatic nitrogens is 3. The van der Waals surface area contributed by atoms with Gasteiger partial charge in [-0.2, -0.15) is 4.98 Å². The molecule has 4 rings (SSSR count). The summed E-state index contributed by atoms with van der Waals surface area (Å²) in [4.78, 5) is 18.4. The number of nitrogens with zero attached hydrogens (tertiary/aromatic N) is 4. The van der Waals surface area contributed by atoms with Crippen molar-refractivity contribution in [3.63, 3.8) is 0 Å². The Morgan fingerprint density at radius 1 is 1.32 bits per heavy atom. The zero-order chi connectivity index (χ0) is 17.6. The number of aryl methyl sites for hydroxylation is 2. The third-order valence-corrected chi connectivity index (χ3v) is 5.07. The van der Waals surface area contributed by atoms with E-state index in [9.17, 15) is 4.79 Å². The molecule has 0 aromatic carbocycles. The molecule has 0 spiro atoms. The molecule has 8 heteroatoms. The molecular formula is C17H21FN4O3. The lowest BCUT2D eigenvalue weighted by Gasteiger charge is -2.35. The minimum absolute atomic E-state index is 0.00392. The molecule has 1 saturated carbocycles. The molecule has 0 N–H and O–H groups in total. The fourth-order valence-electron chi connectivity index (χ4n) is 3.34. The molecule has 0 radical (unpaired) electrons. The number of likely N-dealkylation sites (tertiary alicyclic amines) is 1. The van der Waals surface area contributed by atoms with Crippen molar-refractivity contribution in [3.8, 4) is 0 Å². The molecule has 2 aromatic heterocycles. The molecule has 2 aromatic rings. The normalized spacial score (nSPS) is 23.9. The first-order chi connectivity index (χ1) is 12.0. The van der Waals surface area contributed by atoms with Crippen LogP contribution in [0.3, 0.4) is 0 Å². The molecule has 2 aliphatic rings. The van der Waals surface area contributed by atoms with Crippen molar-refractivity contribution in [2.24, 2.45) is 0 Å². The van der Waals surface area contributed by atoms with Crippen LogP contribution in [-0.4, -0.2) is 39.2 Å². The lowest BCUT2D eigenvalue weighted by Crippen LogP contribution is -2.47. The van der Waals surface area contributed by atoms with E-state index in [2.05, 4.69) is 15.3 Å².